The fourth-order valence-electron chi connectivity index (χ4n) is 2.06. The van der Waals surface area contributed by atoms with E-state index in [-0.39, 0.29) is 5.41 Å². The van der Waals surface area contributed by atoms with Crippen LogP contribution in [-0.2, 0) is 4.74 Å². The van der Waals surface area contributed by atoms with Crippen molar-refractivity contribution in [1.29, 1.82) is 0 Å². The van der Waals surface area contributed by atoms with Crippen molar-refractivity contribution in [2.24, 2.45) is 5.41 Å². The first-order valence-corrected chi connectivity index (χ1v) is 8.16. The number of benzene rings is 1. The van der Waals surface area contributed by atoms with Crippen molar-refractivity contribution in [2.75, 3.05) is 5.32 Å². The molecule has 22 heavy (non-hydrogen) atoms. The molecule has 1 aromatic carbocycles. The predicted octanol–water partition coefficient (Wildman–Crippen LogP) is 6.40. The maximum absolute atomic E-state index is 11.9. The Labute approximate surface area is 138 Å². The van der Waals surface area contributed by atoms with Crippen molar-refractivity contribution >= 4 is 23.4 Å². The van der Waals surface area contributed by atoms with Crippen LogP contribution in [0.2, 0.25) is 5.02 Å². The highest BCUT2D eigenvalue weighted by atomic mass is 35.5. The second-order valence-electron chi connectivity index (χ2n) is 6.14. The largest absolute Gasteiger partial charge is 0.416 e. The highest BCUT2D eigenvalue weighted by molar-refractivity contribution is 6.30. The van der Waals surface area contributed by atoms with Gasteiger partial charge in [0, 0.05) is 16.1 Å². The highest BCUT2D eigenvalue weighted by Crippen LogP contribution is 2.32. The summed E-state index contributed by atoms with van der Waals surface area (Å²) < 4.78 is 5.33. The van der Waals surface area contributed by atoms with Gasteiger partial charge in [-0.1, -0.05) is 64.6 Å². The summed E-state index contributed by atoms with van der Waals surface area (Å²) >= 11 is 5.81. The van der Waals surface area contributed by atoms with Gasteiger partial charge in [0.25, 0.3) is 0 Å². The Balaban J connectivity index is 2.45. The topological polar surface area (TPSA) is 38.3 Å². The van der Waals surface area contributed by atoms with Gasteiger partial charge < -0.3 is 4.74 Å². The average Bonchev–Trinajstić information content (AvgIpc) is 2.46. The van der Waals surface area contributed by atoms with Crippen LogP contribution in [0.1, 0.15) is 52.9 Å². The number of anilines is 1. The van der Waals surface area contributed by atoms with Gasteiger partial charge in [-0.25, -0.2) is 4.79 Å². The highest BCUT2D eigenvalue weighted by Gasteiger charge is 2.25. The molecule has 1 rings (SSSR count). The van der Waals surface area contributed by atoms with E-state index >= 15 is 0 Å². The number of rotatable bonds is 8. The molecule has 1 aromatic rings. The van der Waals surface area contributed by atoms with Crippen molar-refractivity contribution in [3.05, 3.63) is 41.6 Å². The number of carbonyl (C=O) groups excluding carboxylic acids is 1. The predicted molar refractivity (Wildman–Crippen MR) is 93.2 cm³/mol. The van der Waals surface area contributed by atoms with E-state index in [1.807, 2.05) is 0 Å². The number of amides is 1. The molecule has 0 radical (unpaired) electrons. The maximum atomic E-state index is 11.9. The van der Waals surface area contributed by atoms with Crippen LogP contribution in [0.5, 0.6) is 0 Å². The molecule has 0 unspecified atom stereocenters. The Morgan fingerprint density at radius 3 is 2.45 bits per heavy atom. The van der Waals surface area contributed by atoms with Crippen molar-refractivity contribution in [3.63, 3.8) is 0 Å². The van der Waals surface area contributed by atoms with Gasteiger partial charge in [0.05, 0.1) is 0 Å². The first kappa shape index (κ1) is 18.6. The Morgan fingerprint density at radius 1 is 1.23 bits per heavy atom. The van der Waals surface area contributed by atoms with Gasteiger partial charge in [-0.05, 0) is 30.7 Å². The van der Waals surface area contributed by atoms with E-state index in [1.165, 1.54) is 19.3 Å². The summed E-state index contributed by atoms with van der Waals surface area (Å²) in [5.41, 5.74) is 0.424. The summed E-state index contributed by atoms with van der Waals surface area (Å²) in [5, 5.41) is 3.29. The third-order valence-corrected chi connectivity index (χ3v) is 3.97. The molecule has 0 atom stereocenters. The SMILES string of the molecule is C=C(OC(=O)Nc1ccc(Cl)cc1)C(C)(C)CCCCCC. The lowest BCUT2D eigenvalue weighted by Crippen LogP contribution is -2.22. The number of hydrogen-bond acceptors (Lipinski definition) is 2. The smallest absolute Gasteiger partial charge is 0.415 e. The lowest BCUT2D eigenvalue weighted by molar-refractivity contribution is 0.159. The van der Waals surface area contributed by atoms with Gasteiger partial charge in [0.2, 0.25) is 0 Å². The van der Waals surface area contributed by atoms with Gasteiger partial charge >= 0.3 is 6.09 Å². The van der Waals surface area contributed by atoms with Gasteiger partial charge in [-0.15, -0.1) is 0 Å². The minimum Gasteiger partial charge on any atom is -0.415 e. The van der Waals surface area contributed by atoms with Gasteiger partial charge in [-0.2, -0.15) is 0 Å². The second-order valence-corrected chi connectivity index (χ2v) is 6.58. The number of unbranched alkanes of at least 4 members (excludes halogenated alkanes) is 3. The first-order chi connectivity index (χ1) is 10.3. The van der Waals surface area contributed by atoms with E-state index in [4.69, 9.17) is 16.3 Å². The minimum absolute atomic E-state index is 0.217. The molecule has 4 heteroatoms. The molecule has 0 fully saturated rings. The molecule has 0 bridgehead atoms. The number of nitrogens with one attached hydrogen (secondary N) is 1. The lowest BCUT2D eigenvalue weighted by atomic mass is 9.85. The Hall–Kier alpha value is -1.48. The number of halogens is 1. The van der Waals surface area contributed by atoms with E-state index < -0.39 is 6.09 Å². The Bertz CT molecular complexity index is 494. The van der Waals surface area contributed by atoms with Crippen molar-refractivity contribution in [3.8, 4) is 0 Å². The molecule has 3 nitrogen and oxygen atoms in total. The van der Waals surface area contributed by atoms with Crippen LogP contribution in [0.4, 0.5) is 10.5 Å². The van der Waals surface area contributed by atoms with Crippen LogP contribution < -0.4 is 5.32 Å². The van der Waals surface area contributed by atoms with Crippen molar-refractivity contribution < 1.29 is 9.53 Å². The molecule has 0 aliphatic rings. The fraction of sp³-hybridized carbons (Fsp3) is 0.500. The summed E-state index contributed by atoms with van der Waals surface area (Å²) in [6, 6.07) is 6.87. The van der Waals surface area contributed by atoms with Crippen LogP contribution in [0, 0.1) is 5.41 Å². The fourth-order valence-corrected chi connectivity index (χ4v) is 2.19. The monoisotopic (exact) mass is 323 g/mol. The Kier molecular flexibility index (Phi) is 7.46. The number of ether oxygens (including phenoxy) is 1. The second kappa shape index (κ2) is 8.84. The van der Waals surface area contributed by atoms with Gasteiger partial charge in [0.1, 0.15) is 5.76 Å². The van der Waals surface area contributed by atoms with E-state index in [2.05, 4.69) is 32.7 Å². The summed E-state index contributed by atoms with van der Waals surface area (Å²) in [6.45, 7) is 10.2. The molecular weight excluding hydrogens is 298 g/mol. The maximum Gasteiger partial charge on any atom is 0.416 e. The van der Waals surface area contributed by atoms with Gasteiger partial charge in [-0.3, -0.25) is 5.32 Å². The van der Waals surface area contributed by atoms with Crippen LogP contribution >= 0.6 is 11.6 Å². The summed E-state index contributed by atoms with van der Waals surface area (Å²) in [6.07, 6.45) is 5.20. The molecule has 0 aliphatic carbocycles. The standard InChI is InChI=1S/C18H26ClNO2/c1-5-6-7-8-13-18(3,4)14(2)22-17(21)20-16-11-9-15(19)10-12-16/h9-12H,2,5-8,13H2,1,3-4H3,(H,20,21). The normalized spacial score (nSPS) is 11.1. The zero-order chi connectivity index (χ0) is 16.6. The van der Waals surface area contributed by atoms with E-state index in [0.29, 0.717) is 16.5 Å². The first-order valence-electron chi connectivity index (χ1n) is 7.79. The number of carbonyl (C=O) groups is 1. The molecule has 0 saturated carbocycles. The molecule has 0 aliphatic heterocycles. The zero-order valence-electron chi connectivity index (χ0n) is 13.7. The molecule has 122 valence electrons. The zero-order valence-corrected chi connectivity index (χ0v) is 14.5. The molecular formula is C18H26ClNO2. The molecule has 0 saturated heterocycles. The van der Waals surface area contributed by atoms with E-state index in [1.54, 1.807) is 24.3 Å². The third kappa shape index (κ3) is 6.52. The summed E-state index contributed by atoms with van der Waals surface area (Å²) in [4.78, 5) is 11.9. The van der Waals surface area contributed by atoms with Gasteiger partial charge in [0.15, 0.2) is 0 Å². The number of hydrogen-bond donors (Lipinski definition) is 1. The summed E-state index contributed by atoms with van der Waals surface area (Å²) in [7, 11) is 0. The third-order valence-electron chi connectivity index (χ3n) is 3.72. The van der Waals surface area contributed by atoms with Crippen LogP contribution in [0.25, 0.3) is 0 Å². The van der Waals surface area contributed by atoms with Crippen LogP contribution in [0.3, 0.4) is 0 Å². The minimum atomic E-state index is -0.519. The lowest BCUT2D eigenvalue weighted by Gasteiger charge is -2.26. The number of allylic oxidation sites excluding steroid dienone is 1. The molecule has 0 aromatic heterocycles. The van der Waals surface area contributed by atoms with Crippen LogP contribution in [0.15, 0.2) is 36.6 Å². The molecule has 1 N–H and O–H groups in total. The average molecular weight is 324 g/mol. The van der Waals surface area contributed by atoms with Crippen LogP contribution in [-0.4, -0.2) is 6.09 Å². The summed E-state index contributed by atoms with van der Waals surface area (Å²) in [5.74, 6) is 0.496. The van der Waals surface area contributed by atoms with E-state index in [0.717, 1.165) is 12.8 Å². The molecule has 1 amide bonds. The van der Waals surface area contributed by atoms with E-state index in [9.17, 15) is 4.79 Å². The quantitative estimate of drug-likeness (QED) is 0.444. The molecule has 0 spiro atoms. The van der Waals surface area contributed by atoms with Crippen molar-refractivity contribution in [1.82, 2.24) is 0 Å². The molecule has 0 heterocycles. The Morgan fingerprint density at radius 2 is 1.86 bits per heavy atom. The van der Waals surface area contributed by atoms with Crippen molar-refractivity contribution in [2.45, 2.75) is 52.9 Å².